The number of nitrogens with one attached hydrogen (secondary N) is 2. The van der Waals surface area contributed by atoms with Gasteiger partial charge in [0.15, 0.2) is 0 Å². The molecule has 2 rings (SSSR count). The van der Waals surface area contributed by atoms with Crippen LogP contribution in [0.2, 0.25) is 0 Å². The van der Waals surface area contributed by atoms with Crippen molar-refractivity contribution in [1.82, 2.24) is 5.32 Å². The van der Waals surface area contributed by atoms with E-state index < -0.39 is 0 Å². The maximum Gasteiger partial charge on any atom is 0.319 e. The first kappa shape index (κ1) is 12.7. The van der Waals surface area contributed by atoms with Crippen LogP contribution in [0.3, 0.4) is 0 Å². The Hall–Kier alpha value is -1.75. The smallest absolute Gasteiger partial charge is 0.319 e. The van der Waals surface area contributed by atoms with Gasteiger partial charge in [-0.1, -0.05) is 6.07 Å². The predicted molar refractivity (Wildman–Crippen MR) is 71.3 cm³/mol. The summed E-state index contributed by atoms with van der Waals surface area (Å²) in [6, 6.07) is 7.00. The van der Waals surface area contributed by atoms with Crippen LogP contribution in [0.25, 0.3) is 0 Å². The number of hydrogen-bond acceptors (Lipinski definition) is 3. The molecule has 5 heteroatoms. The number of benzene rings is 1. The van der Waals surface area contributed by atoms with E-state index in [4.69, 9.17) is 5.73 Å². The van der Waals surface area contributed by atoms with Crippen LogP contribution in [-0.2, 0) is 0 Å². The fraction of sp³-hybridized carbons (Fsp3) is 0.462. The maximum atomic E-state index is 11.7. The van der Waals surface area contributed by atoms with Gasteiger partial charge in [-0.3, -0.25) is 0 Å². The summed E-state index contributed by atoms with van der Waals surface area (Å²) in [6.07, 6.45) is 2.95. The van der Waals surface area contributed by atoms with Gasteiger partial charge in [-0.25, -0.2) is 4.79 Å². The normalized spacial score (nSPS) is 23.4. The van der Waals surface area contributed by atoms with Crippen molar-refractivity contribution in [3.05, 3.63) is 24.3 Å². The molecule has 5 nitrogen and oxygen atoms in total. The van der Waals surface area contributed by atoms with E-state index in [0.29, 0.717) is 11.4 Å². The van der Waals surface area contributed by atoms with Crippen molar-refractivity contribution in [1.29, 1.82) is 0 Å². The van der Waals surface area contributed by atoms with Crippen LogP contribution in [0.4, 0.5) is 16.2 Å². The third-order valence-corrected chi connectivity index (χ3v) is 3.18. The summed E-state index contributed by atoms with van der Waals surface area (Å²) < 4.78 is 0. The minimum atomic E-state index is -0.220. The van der Waals surface area contributed by atoms with E-state index in [1.807, 2.05) is 0 Å². The lowest BCUT2D eigenvalue weighted by molar-refractivity contribution is 0.118. The molecule has 0 aromatic heterocycles. The molecule has 0 bridgehead atoms. The number of rotatable bonds is 2. The number of amides is 2. The monoisotopic (exact) mass is 249 g/mol. The summed E-state index contributed by atoms with van der Waals surface area (Å²) in [5, 5.41) is 15.0. The number of nitrogens with two attached hydrogens (primary N) is 1. The van der Waals surface area contributed by atoms with Gasteiger partial charge >= 0.3 is 6.03 Å². The summed E-state index contributed by atoms with van der Waals surface area (Å²) in [7, 11) is 0. The Morgan fingerprint density at radius 2 is 2.00 bits per heavy atom. The summed E-state index contributed by atoms with van der Waals surface area (Å²) in [6.45, 7) is 0. The minimum Gasteiger partial charge on any atom is -0.399 e. The van der Waals surface area contributed by atoms with Crippen LogP contribution in [-0.4, -0.2) is 23.3 Å². The lowest BCUT2D eigenvalue weighted by Gasteiger charge is -2.26. The maximum absolute atomic E-state index is 11.7. The van der Waals surface area contributed by atoms with E-state index in [1.54, 1.807) is 24.3 Å². The standard InChI is InChI=1S/C13H19N3O2/c14-9-2-1-3-11(8-9)16-13(18)15-10-4-6-12(17)7-5-10/h1-3,8,10,12,17H,4-7,14H2,(H2,15,16,18). The van der Waals surface area contributed by atoms with Crippen LogP contribution in [0.15, 0.2) is 24.3 Å². The van der Waals surface area contributed by atoms with Crippen LogP contribution in [0.5, 0.6) is 0 Å². The number of hydrogen-bond donors (Lipinski definition) is 4. The van der Waals surface area contributed by atoms with Crippen LogP contribution < -0.4 is 16.4 Å². The number of aliphatic hydroxyl groups excluding tert-OH is 1. The second kappa shape index (κ2) is 5.73. The molecular weight excluding hydrogens is 230 g/mol. The molecule has 5 N–H and O–H groups in total. The van der Waals surface area contributed by atoms with E-state index >= 15 is 0 Å². The highest BCUT2D eigenvalue weighted by molar-refractivity contribution is 5.89. The molecule has 18 heavy (non-hydrogen) atoms. The van der Waals surface area contributed by atoms with E-state index in [1.165, 1.54) is 0 Å². The summed E-state index contributed by atoms with van der Waals surface area (Å²) in [5.74, 6) is 0. The first-order valence-electron chi connectivity index (χ1n) is 6.24. The number of urea groups is 1. The second-order valence-corrected chi connectivity index (χ2v) is 4.73. The third kappa shape index (κ3) is 3.63. The molecule has 2 amide bonds. The number of nitrogen functional groups attached to an aromatic ring is 1. The first-order valence-corrected chi connectivity index (χ1v) is 6.24. The van der Waals surface area contributed by atoms with Gasteiger partial charge in [-0.05, 0) is 43.9 Å². The van der Waals surface area contributed by atoms with Crippen LogP contribution >= 0.6 is 0 Å². The summed E-state index contributed by atoms with van der Waals surface area (Å²) in [4.78, 5) is 11.7. The second-order valence-electron chi connectivity index (χ2n) is 4.73. The topological polar surface area (TPSA) is 87.4 Å². The molecule has 1 saturated carbocycles. The Morgan fingerprint density at radius 3 is 2.67 bits per heavy atom. The van der Waals surface area contributed by atoms with E-state index in [0.717, 1.165) is 25.7 Å². The molecule has 1 aromatic carbocycles. The predicted octanol–water partition coefficient (Wildman–Crippen LogP) is 1.69. The third-order valence-electron chi connectivity index (χ3n) is 3.18. The van der Waals surface area contributed by atoms with Gasteiger partial charge in [0.1, 0.15) is 0 Å². The summed E-state index contributed by atoms with van der Waals surface area (Å²) >= 11 is 0. The van der Waals surface area contributed by atoms with Gasteiger partial charge in [-0.2, -0.15) is 0 Å². The average Bonchev–Trinajstić information content (AvgIpc) is 2.32. The minimum absolute atomic E-state index is 0.148. The Morgan fingerprint density at radius 1 is 1.28 bits per heavy atom. The zero-order chi connectivity index (χ0) is 13.0. The number of anilines is 2. The zero-order valence-corrected chi connectivity index (χ0v) is 10.2. The molecule has 1 fully saturated rings. The zero-order valence-electron chi connectivity index (χ0n) is 10.2. The Labute approximate surface area is 106 Å². The van der Waals surface area contributed by atoms with Crippen LogP contribution in [0, 0.1) is 0 Å². The molecule has 1 aromatic rings. The van der Waals surface area contributed by atoms with Gasteiger partial charge in [-0.15, -0.1) is 0 Å². The Kier molecular flexibility index (Phi) is 4.04. The van der Waals surface area contributed by atoms with Crippen molar-refractivity contribution >= 4 is 17.4 Å². The van der Waals surface area contributed by atoms with E-state index in [9.17, 15) is 9.90 Å². The van der Waals surface area contributed by atoms with Crippen molar-refractivity contribution in [3.8, 4) is 0 Å². The summed E-state index contributed by atoms with van der Waals surface area (Å²) in [5.41, 5.74) is 6.94. The van der Waals surface area contributed by atoms with Crippen LogP contribution in [0.1, 0.15) is 25.7 Å². The van der Waals surface area contributed by atoms with Gasteiger partial charge in [0.25, 0.3) is 0 Å². The van der Waals surface area contributed by atoms with Crippen molar-refractivity contribution in [2.24, 2.45) is 0 Å². The fourth-order valence-corrected chi connectivity index (χ4v) is 2.19. The highest BCUT2D eigenvalue weighted by Crippen LogP contribution is 2.18. The van der Waals surface area contributed by atoms with Crippen molar-refractivity contribution in [3.63, 3.8) is 0 Å². The van der Waals surface area contributed by atoms with E-state index in [-0.39, 0.29) is 18.2 Å². The lowest BCUT2D eigenvalue weighted by atomic mass is 9.93. The SMILES string of the molecule is Nc1cccc(NC(=O)NC2CCC(O)CC2)c1. The number of carbonyl (C=O) groups is 1. The molecule has 0 spiro atoms. The highest BCUT2D eigenvalue weighted by atomic mass is 16.3. The molecule has 0 atom stereocenters. The Balaban J connectivity index is 1.82. The highest BCUT2D eigenvalue weighted by Gasteiger charge is 2.20. The molecule has 0 radical (unpaired) electrons. The molecule has 0 aliphatic heterocycles. The van der Waals surface area contributed by atoms with E-state index in [2.05, 4.69) is 10.6 Å². The molecule has 0 saturated heterocycles. The largest absolute Gasteiger partial charge is 0.399 e. The van der Waals surface area contributed by atoms with Crippen molar-refractivity contribution in [2.75, 3.05) is 11.1 Å². The molecule has 0 heterocycles. The van der Waals surface area contributed by atoms with Gasteiger partial charge < -0.3 is 21.5 Å². The lowest BCUT2D eigenvalue weighted by Crippen LogP contribution is -2.40. The Bertz CT molecular complexity index is 414. The fourth-order valence-electron chi connectivity index (χ4n) is 2.19. The number of aliphatic hydroxyl groups is 1. The van der Waals surface area contributed by atoms with Gasteiger partial charge in [0.2, 0.25) is 0 Å². The molecule has 0 unspecified atom stereocenters. The quantitative estimate of drug-likeness (QED) is 0.601. The van der Waals surface area contributed by atoms with Crippen molar-refractivity contribution in [2.45, 2.75) is 37.8 Å². The number of carbonyl (C=O) groups excluding carboxylic acids is 1. The van der Waals surface area contributed by atoms with Crippen molar-refractivity contribution < 1.29 is 9.90 Å². The van der Waals surface area contributed by atoms with Gasteiger partial charge in [0, 0.05) is 17.4 Å². The molecule has 1 aliphatic rings. The average molecular weight is 249 g/mol. The molecule has 1 aliphatic carbocycles. The molecule has 98 valence electrons. The first-order chi connectivity index (χ1) is 8.63. The van der Waals surface area contributed by atoms with Gasteiger partial charge in [0.05, 0.1) is 6.10 Å². The molecular formula is C13H19N3O2.